The normalized spacial score (nSPS) is 12.5. The highest BCUT2D eigenvalue weighted by atomic mass is 16.5. The van der Waals surface area contributed by atoms with E-state index in [4.69, 9.17) is 10.8 Å². The Morgan fingerprint density at radius 1 is 1.85 bits per heavy atom. The molecule has 13 heavy (non-hydrogen) atoms. The van der Waals surface area contributed by atoms with Crippen LogP contribution in [0.25, 0.3) is 0 Å². The van der Waals surface area contributed by atoms with Crippen molar-refractivity contribution in [1.29, 1.82) is 0 Å². The molecule has 7 heteroatoms. The molecule has 1 amide bonds. The summed E-state index contributed by atoms with van der Waals surface area (Å²) in [6, 6.07) is -0.745. The molecule has 0 aromatic carbocycles. The summed E-state index contributed by atoms with van der Waals surface area (Å²) in [7, 11) is 1.45. The SMILES string of the molecule is CNC(=O)c1noc([C@H](N)CO)n1. The van der Waals surface area contributed by atoms with Gasteiger partial charge in [-0.2, -0.15) is 4.98 Å². The third-order valence-electron chi connectivity index (χ3n) is 1.39. The van der Waals surface area contributed by atoms with Crippen LogP contribution in [0.2, 0.25) is 0 Å². The molecule has 7 nitrogen and oxygen atoms in total. The van der Waals surface area contributed by atoms with Gasteiger partial charge in [-0.25, -0.2) is 0 Å². The zero-order valence-corrected chi connectivity index (χ0v) is 7.02. The topological polar surface area (TPSA) is 114 Å². The van der Waals surface area contributed by atoms with Crippen LogP contribution in [0.1, 0.15) is 22.6 Å². The van der Waals surface area contributed by atoms with Crippen LogP contribution in [0.5, 0.6) is 0 Å². The fourth-order valence-corrected chi connectivity index (χ4v) is 0.668. The fraction of sp³-hybridized carbons (Fsp3) is 0.500. The Labute approximate surface area is 73.9 Å². The number of nitrogens with zero attached hydrogens (tertiary/aromatic N) is 2. The maximum Gasteiger partial charge on any atom is 0.292 e. The quantitative estimate of drug-likeness (QED) is 0.525. The second-order valence-electron chi connectivity index (χ2n) is 2.32. The number of nitrogens with one attached hydrogen (secondary N) is 1. The van der Waals surface area contributed by atoms with Crippen molar-refractivity contribution >= 4 is 5.91 Å². The van der Waals surface area contributed by atoms with E-state index in [2.05, 4.69) is 20.0 Å². The molecule has 1 aromatic heterocycles. The van der Waals surface area contributed by atoms with Crippen LogP contribution < -0.4 is 11.1 Å². The zero-order chi connectivity index (χ0) is 9.84. The van der Waals surface area contributed by atoms with Gasteiger partial charge in [0.15, 0.2) is 0 Å². The summed E-state index contributed by atoms with van der Waals surface area (Å²) < 4.78 is 4.63. The first-order valence-corrected chi connectivity index (χ1v) is 3.61. The van der Waals surface area contributed by atoms with E-state index in [9.17, 15) is 4.79 Å². The second kappa shape index (κ2) is 3.97. The van der Waals surface area contributed by atoms with E-state index in [-0.39, 0.29) is 18.3 Å². The molecule has 0 fully saturated rings. The summed E-state index contributed by atoms with van der Waals surface area (Å²) in [5.74, 6) is -0.511. The lowest BCUT2D eigenvalue weighted by molar-refractivity contribution is 0.0950. The Bertz CT molecular complexity index is 298. The lowest BCUT2D eigenvalue weighted by Crippen LogP contribution is -2.20. The molecule has 0 aliphatic rings. The van der Waals surface area contributed by atoms with E-state index in [0.29, 0.717) is 0 Å². The summed E-state index contributed by atoms with van der Waals surface area (Å²) in [5.41, 5.74) is 5.37. The summed E-state index contributed by atoms with van der Waals surface area (Å²) in [6.07, 6.45) is 0. The van der Waals surface area contributed by atoms with Crippen molar-refractivity contribution in [2.45, 2.75) is 6.04 Å². The van der Waals surface area contributed by atoms with E-state index in [0.717, 1.165) is 0 Å². The zero-order valence-electron chi connectivity index (χ0n) is 7.02. The number of nitrogens with two attached hydrogens (primary N) is 1. The highest BCUT2D eigenvalue weighted by Crippen LogP contribution is 2.05. The smallest absolute Gasteiger partial charge is 0.292 e. The third kappa shape index (κ3) is 2.01. The van der Waals surface area contributed by atoms with Gasteiger partial charge in [-0.3, -0.25) is 4.79 Å². The molecule has 1 heterocycles. The average Bonchev–Trinajstić information content (AvgIpc) is 2.64. The number of aliphatic hydroxyl groups is 1. The van der Waals surface area contributed by atoms with Crippen LogP contribution in [0.15, 0.2) is 4.52 Å². The maximum atomic E-state index is 10.9. The molecule has 0 aliphatic heterocycles. The monoisotopic (exact) mass is 186 g/mol. The van der Waals surface area contributed by atoms with Crippen LogP contribution in [0.3, 0.4) is 0 Å². The predicted molar refractivity (Wildman–Crippen MR) is 41.7 cm³/mol. The number of hydrogen-bond donors (Lipinski definition) is 3. The standard InChI is InChI=1S/C6H10N4O3/c1-8-5(12)4-9-6(13-10-4)3(7)2-11/h3,11H,2,7H2,1H3,(H,8,12)/t3-/m1/s1. The number of aromatic nitrogens is 2. The molecule has 1 aromatic rings. The van der Waals surface area contributed by atoms with Gasteiger partial charge in [0.2, 0.25) is 5.89 Å². The minimum atomic E-state index is -0.745. The third-order valence-corrected chi connectivity index (χ3v) is 1.39. The first kappa shape index (κ1) is 9.62. The van der Waals surface area contributed by atoms with Gasteiger partial charge in [-0.15, -0.1) is 0 Å². The highest BCUT2D eigenvalue weighted by Gasteiger charge is 2.17. The molecule has 0 saturated heterocycles. The van der Waals surface area contributed by atoms with Crippen molar-refractivity contribution in [2.24, 2.45) is 5.73 Å². The van der Waals surface area contributed by atoms with Gasteiger partial charge in [-0.1, -0.05) is 5.16 Å². The molecule has 0 radical (unpaired) electrons. The second-order valence-corrected chi connectivity index (χ2v) is 2.32. The van der Waals surface area contributed by atoms with Crippen LogP contribution in [0.4, 0.5) is 0 Å². The van der Waals surface area contributed by atoms with Crippen molar-refractivity contribution in [1.82, 2.24) is 15.5 Å². The van der Waals surface area contributed by atoms with E-state index >= 15 is 0 Å². The first-order chi connectivity index (χ1) is 6.19. The molecule has 0 spiro atoms. The highest BCUT2D eigenvalue weighted by molar-refractivity contribution is 5.89. The first-order valence-electron chi connectivity index (χ1n) is 3.61. The van der Waals surface area contributed by atoms with Crippen LogP contribution in [-0.2, 0) is 0 Å². The number of carbonyl (C=O) groups excluding carboxylic acids is 1. The summed E-state index contributed by atoms with van der Waals surface area (Å²) in [4.78, 5) is 14.6. The van der Waals surface area contributed by atoms with Gasteiger partial charge in [0.25, 0.3) is 11.7 Å². The van der Waals surface area contributed by atoms with E-state index in [1.165, 1.54) is 7.05 Å². The summed E-state index contributed by atoms with van der Waals surface area (Å²) in [6.45, 7) is -0.310. The molecule has 0 saturated carbocycles. The molecule has 1 rings (SSSR count). The van der Waals surface area contributed by atoms with Crippen molar-refractivity contribution in [2.75, 3.05) is 13.7 Å². The number of carbonyl (C=O) groups is 1. The van der Waals surface area contributed by atoms with Crippen LogP contribution in [-0.4, -0.2) is 34.8 Å². The van der Waals surface area contributed by atoms with Gasteiger partial charge in [0, 0.05) is 7.05 Å². The molecule has 72 valence electrons. The molecule has 0 unspecified atom stereocenters. The van der Waals surface area contributed by atoms with E-state index in [1.807, 2.05) is 0 Å². The molecule has 1 atom stereocenters. The van der Waals surface area contributed by atoms with Crippen molar-refractivity contribution in [3.63, 3.8) is 0 Å². The molecule has 0 aliphatic carbocycles. The van der Waals surface area contributed by atoms with Crippen molar-refractivity contribution < 1.29 is 14.4 Å². The summed E-state index contributed by atoms with van der Waals surface area (Å²) in [5, 5.41) is 14.3. The van der Waals surface area contributed by atoms with E-state index in [1.54, 1.807) is 0 Å². The average molecular weight is 186 g/mol. The van der Waals surface area contributed by atoms with Gasteiger partial charge in [0.05, 0.1) is 6.61 Å². The maximum absolute atomic E-state index is 10.9. The Hall–Kier alpha value is -1.47. The Balaban J connectivity index is 2.80. The fourth-order valence-electron chi connectivity index (χ4n) is 0.668. The van der Waals surface area contributed by atoms with Gasteiger partial charge in [-0.05, 0) is 0 Å². The predicted octanol–water partition coefficient (Wildman–Crippen LogP) is -1.58. The Kier molecular flexibility index (Phi) is 2.93. The van der Waals surface area contributed by atoms with Gasteiger partial charge >= 0.3 is 0 Å². The van der Waals surface area contributed by atoms with Crippen molar-refractivity contribution in [3.05, 3.63) is 11.7 Å². The molecular weight excluding hydrogens is 176 g/mol. The van der Waals surface area contributed by atoms with Gasteiger partial charge < -0.3 is 20.7 Å². The largest absolute Gasteiger partial charge is 0.394 e. The van der Waals surface area contributed by atoms with Crippen molar-refractivity contribution in [3.8, 4) is 0 Å². The number of rotatable bonds is 3. The molecule has 0 bridgehead atoms. The lowest BCUT2D eigenvalue weighted by atomic mass is 10.3. The number of aliphatic hydroxyl groups excluding tert-OH is 1. The van der Waals surface area contributed by atoms with Crippen LogP contribution >= 0.6 is 0 Å². The lowest BCUT2D eigenvalue weighted by Gasteiger charge is -1.98. The minimum Gasteiger partial charge on any atom is -0.394 e. The number of hydrogen-bond acceptors (Lipinski definition) is 6. The Morgan fingerprint density at radius 2 is 2.54 bits per heavy atom. The summed E-state index contributed by atoms with van der Waals surface area (Å²) >= 11 is 0. The molecule has 4 N–H and O–H groups in total. The van der Waals surface area contributed by atoms with Crippen LogP contribution in [0, 0.1) is 0 Å². The number of amides is 1. The Morgan fingerprint density at radius 3 is 3.08 bits per heavy atom. The van der Waals surface area contributed by atoms with E-state index < -0.39 is 11.9 Å². The van der Waals surface area contributed by atoms with Gasteiger partial charge in [0.1, 0.15) is 6.04 Å². The molecular formula is C6H10N4O3. The minimum absolute atomic E-state index is 0.0427.